The predicted molar refractivity (Wildman–Crippen MR) is 106 cm³/mol. The number of likely N-dealkylation sites (tertiary alicyclic amines) is 1. The van der Waals surface area contributed by atoms with Crippen molar-refractivity contribution in [2.75, 3.05) is 39.3 Å². The second-order valence-electron chi connectivity index (χ2n) is 7.63. The summed E-state index contributed by atoms with van der Waals surface area (Å²) in [5, 5.41) is 6.63. The van der Waals surface area contributed by atoms with Crippen LogP contribution in [0.5, 0.6) is 0 Å². The van der Waals surface area contributed by atoms with Gasteiger partial charge in [0.05, 0.1) is 6.54 Å². The third-order valence-corrected chi connectivity index (χ3v) is 5.78. The van der Waals surface area contributed by atoms with Gasteiger partial charge in [0.25, 0.3) is 0 Å². The highest BCUT2D eigenvalue weighted by molar-refractivity contribution is 5.78. The van der Waals surface area contributed by atoms with Crippen molar-refractivity contribution < 1.29 is 9.59 Å². The summed E-state index contributed by atoms with van der Waals surface area (Å²) in [5.74, 6) is 0.214. The number of hydrogen-bond donors (Lipinski definition) is 2. The van der Waals surface area contributed by atoms with Crippen molar-refractivity contribution in [1.82, 2.24) is 20.4 Å². The molecule has 1 atom stereocenters. The zero-order chi connectivity index (χ0) is 19.2. The number of nitrogens with one attached hydrogen (secondary N) is 2. The molecule has 1 aromatic rings. The molecule has 0 spiro atoms. The Bertz CT molecular complexity index is 638. The molecule has 0 radical (unpaired) electrons. The lowest BCUT2D eigenvalue weighted by molar-refractivity contribution is -0.130. The standard InChI is InChI=1S/C21H32N4O2/c1-3-17-4-6-18(7-5-17)20-14-22-10-13-25(20)15-21(27)23-19-8-11-24(12-9-19)16(2)26/h4-7,19-20,22H,3,8-15H2,1-2H3,(H,23,27). The number of amides is 2. The summed E-state index contributed by atoms with van der Waals surface area (Å²) in [6.45, 7) is 8.32. The third-order valence-electron chi connectivity index (χ3n) is 5.78. The summed E-state index contributed by atoms with van der Waals surface area (Å²) >= 11 is 0. The van der Waals surface area contributed by atoms with Gasteiger partial charge in [-0.05, 0) is 30.4 Å². The summed E-state index contributed by atoms with van der Waals surface area (Å²) in [7, 11) is 0. The number of benzene rings is 1. The van der Waals surface area contributed by atoms with Crippen LogP contribution in [0.15, 0.2) is 24.3 Å². The summed E-state index contributed by atoms with van der Waals surface area (Å²) in [6, 6.07) is 9.17. The molecule has 6 heteroatoms. The highest BCUT2D eigenvalue weighted by Gasteiger charge is 2.27. The van der Waals surface area contributed by atoms with Gasteiger partial charge < -0.3 is 15.5 Å². The Balaban J connectivity index is 1.54. The molecule has 6 nitrogen and oxygen atoms in total. The smallest absolute Gasteiger partial charge is 0.234 e. The van der Waals surface area contributed by atoms with Gasteiger partial charge in [0.2, 0.25) is 11.8 Å². The van der Waals surface area contributed by atoms with Crippen LogP contribution in [0.25, 0.3) is 0 Å². The molecule has 27 heavy (non-hydrogen) atoms. The van der Waals surface area contributed by atoms with Crippen LogP contribution < -0.4 is 10.6 Å². The monoisotopic (exact) mass is 372 g/mol. The van der Waals surface area contributed by atoms with E-state index < -0.39 is 0 Å². The average Bonchev–Trinajstić information content (AvgIpc) is 2.69. The SMILES string of the molecule is CCc1ccc(C2CNCCN2CC(=O)NC2CCN(C(C)=O)CC2)cc1. The number of carbonyl (C=O) groups excluding carboxylic acids is 2. The van der Waals surface area contributed by atoms with E-state index >= 15 is 0 Å². The van der Waals surface area contributed by atoms with Crippen molar-refractivity contribution >= 4 is 11.8 Å². The van der Waals surface area contributed by atoms with Gasteiger partial charge >= 0.3 is 0 Å². The molecule has 0 aromatic heterocycles. The molecule has 2 amide bonds. The summed E-state index contributed by atoms with van der Waals surface area (Å²) in [6.07, 6.45) is 2.72. The number of carbonyl (C=O) groups is 2. The number of piperidine rings is 1. The summed E-state index contributed by atoms with van der Waals surface area (Å²) in [4.78, 5) is 28.2. The number of rotatable bonds is 5. The van der Waals surface area contributed by atoms with Gasteiger partial charge in [-0.15, -0.1) is 0 Å². The maximum absolute atomic E-state index is 12.6. The lowest BCUT2D eigenvalue weighted by Gasteiger charge is -2.37. The molecule has 2 heterocycles. The van der Waals surface area contributed by atoms with Gasteiger partial charge in [0.1, 0.15) is 0 Å². The highest BCUT2D eigenvalue weighted by atomic mass is 16.2. The second-order valence-corrected chi connectivity index (χ2v) is 7.63. The van der Waals surface area contributed by atoms with Crippen molar-refractivity contribution in [3.63, 3.8) is 0 Å². The van der Waals surface area contributed by atoms with Crippen LogP contribution in [-0.2, 0) is 16.0 Å². The molecular weight excluding hydrogens is 340 g/mol. The molecule has 0 saturated carbocycles. The molecule has 2 fully saturated rings. The van der Waals surface area contributed by atoms with E-state index in [1.165, 1.54) is 11.1 Å². The van der Waals surface area contributed by atoms with Crippen LogP contribution in [0, 0.1) is 0 Å². The molecule has 2 aliphatic rings. The first-order chi connectivity index (χ1) is 13.1. The minimum absolute atomic E-state index is 0.0911. The van der Waals surface area contributed by atoms with Crippen LogP contribution >= 0.6 is 0 Å². The molecule has 1 aromatic carbocycles. The second kappa shape index (κ2) is 9.33. The molecule has 2 N–H and O–H groups in total. The molecule has 148 valence electrons. The van der Waals surface area contributed by atoms with E-state index in [4.69, 9.17) is 0 Å². The Morgan fingerprint density at radius 3 is 2.48 bits per heavy atom. The van der Waals surface area contributed by atoms with E-state index in [9.17, 15) is 9.59 Å². The fraction of sp³-hybridized carbons (Fsp3) is 0.619. The van der Waals surface area contributed by atoms with Gasteiger partial charge in [-0.1, -0.05) is 31.2 Å². The first-order valence-electron chi connectivity index (χ1n) is 10.1. The topological polar surface area (TPSA) is 64.7 Å². The third kappa shape index (κ3) is 5.30. The van der Waals surface area contributed by atoms with E-state index in [1.54, 1.807) is 6.92 Å². The largest absolute Gasteiger partial charge is 0.352 e. The molecule has 1 unspecified atom stereocenters. The lowest BCUT2D eigenvalue weighted by Crippen LogP contribution is -2.52. The Hall–Kier alpha value is -1.92. The Kier molecular flexibility index (Phi) is 6.85. The molecule has 0 bridgehead atoms. The number of piperazine rings is 1. The minimum Gasteiger partial charge on any atom is -0.352 e. The van der Waals surface area contributed by atoms with Crippen LogP contribution in [0.1, 0.15) is 43.9 Å². The first-order valence-corrected chi connectivity index (χ1v) is 10.1. The van der Waals surface area contributed by atoms with E-state index in [-0.39, 0.29) is 23.9 Å². The van der Waals surface area contributed by atoms with Gasteiger partial charge in [-0.3, -0.25) is 14.5 Å². The van der Waals surface area contributed by atoms with Gasteiger partial charge in [0.15, 0.2) is 0 Å². The van der Waals surface area contributed by atoms with Gasteiger partial charge in [-0.25, -0.2) is 0 Å². The molecule has 2 saturated heterocycles. The van der Waals surface area contributed by atoms with E-state index in [0.29, 0.717) is 6.54 Å². The van der Waals surface area contributed by atoms with Crippen molar-refractivity contribution in [2.24, 2.45) is 0 Å². The quantitative estimate of drug-likeness (QED) is 0.818. The maximum atomic E-state index is 12.6. The number of nitrogens with zero attached hydrogens (tertiary/aromatic N) is 2. The fourth-order valence-electron chi connectivity index (χ4n) is 4.04. The molecular formula is C21H32N4O2. The van der Waals surface area contributed by atoms with Crippen molar-refractivity contribution in [2.45, 2.75) is 45.2 Å². The number of hydrogen-bond acceptors (Lipinski definition) is 4. The van der Waals surface area contributed by atoms with E-state index in [2.05, 4.69) is 46.7 Å². The fourth-order valence-corrected chi connectivity index (χ4v) is 4.04. The normalized spacial score (nSPS) is 21.9. The molecule has 0 aliphatic carbocycles. The molecule has 3 rings (SSSR count). The average molecular weight is 373 g/mol. The predicted octanol–water partition coefficient (Wildman–Crippen LogP) is 1.32. The van der Waals surface area contributed by atoms with Gasteiger partial charge in [0, 0.05) is 51.7 Å². The van der Waals surface area contributed by atoms with E-state index in [0.717, 1.165) is 52.0 Å². The summed E-state index contributed by atoms with van der Waals surface area (Å²) < 4.78 is 0. The Labute approximate surface area is 162 Å². The first kappa shape index (κ1) is 19.8. The number of aryl methyl sites for hydroxylation is 1. The van der Waals surface area contributed by atoms with E-state index in [1.807, 2.05) is 4.90 Å². The van der Waals surface area contributed by atoms with Crippen LogP contribution in [-0.4, -0.2) is 66.9 Å². The van der Waals surface area contributed by atoms with Crippen molar-refractivity contribution in [1.29, 1.82) is 0 Å². The lowest BCUT2D eigenvalue weighted by atomic mass is 10.0. The highest BCUT2D eigenvalue weighted by Crippen LogP contribution is 2.22. The minimum atomic E-state index is 0.0911. The zero-order valence-corrected chi connectivity index (χ0v) is 16.5. The Morgan fingerprint density at radius 2 is 1.85 bits per heavy atom. The Morgan fingerprint density at radius 1 is 1.15 bits per heavy atom. The van der Waals surface area contributed by atoms with Crippen molar-refractivity contribution in [3.8, 4) is 0 Å². The van der Waals surface area contributed by atoms with Crippen LogP contribution in [0.4, 0.5) is 0 Å². The van der Waals surface area contributed by atoms with Crippen molar-refractivity contribution in [3.05, 3.63) is 35.4 Å². The van der Waals surface area contributed by atoms with Crippen LogP contribution in [0.2, 0.25) is 0 Å². The molecule has 2 aliphatic heterocycles. The maximum Gasteiger partial charge on any atom is 0.234 e. The van der Waals surface area contributed by atoms with Crippen LogP contribution in [0.3, 0.4) is 0 Å². The summed E-state index contributed by atoms with van der Waals surface area (Å²) in [5.41, 5.74) is 2.60. The zero-order valence-electron chi connectivity index (χ0n) is 16.5. The van der Waals surface area contributed by atoms with Gasteiger partial charge in [-0.2, -0.15) is 0 Å².